The molecule has 9 heteroatoms. The van der Waals surface area contributed by atoms with Crippen LogP contribution in [0.3, 0.4) is 0 Å². The number of amides is 1. The van der Waals surface area contributed by atoms with E-state index < -0.39 is 23.6 Å². The number of fused-ring (bicyclic) bond motifs is 1. The summed E-state index contributed by atoms with van der Waals surface area (Å²) in [5.41, 5.74) is 2.02. The summed E-state index contributed by atoms with van der Waals surface area (Å²) in [6.07, 6.45) is -0.313. The molecule has 1 amide bonds. The Bertz CT molecular complexity index is 1450. The molecule has 0 radical (unpaired) electrons. The fraction of sp³-hybridized carbons (Fsp3) is 0.222. The monoisotopic (exact) mass is 493 g/mol. The van der Waals surface area contributed by atoms with Crippen molar-refractivity contribution in [3.05, 3.63) is 83.4 Å². The number of hydrogen-bond acceptors (Lipinski definition) is 3. The molecular weight excluding hydrogens is 471 g/mol. The van der Waals surface area contributed by atoms with E-state index >= 15 is 0 Å². The molecule has 0 bridgehead atoms. The summed E-state index contributed by atoms with van der Waals surface area (Å²) in [6.45, 7) is 0. The molecule has 1 fully saturated rings. The Balaban J connectivity index is 1.49. The predicted octanol–water partition coefficient (Wildman–Crippen LogP) is 6.79. The van der Waals surface area contributed by atoms with Crippen LogP contribution < -0.4 is 5.32 Å². The van der Waals surface area contributed by atoms with E-state index in [9.17, 15) is 27.9 Å². The van der Waals surface area contributed by atoms with Gasteiger partial charge in [-0.15, -0.1) is 0 Å². The number of carboxylic acids is 1. The van der Waals surface area contributed by atoms with Gasteiger partial charge in [0.1, 0.15) is 5.82 Å². The summed E-state index contributed by atoms with van der Waals surface area (Å²) in [7, 11) is 0. The number of rotatable bonds is 5. The number of carbonyl (C=O) groups excluding carboxylic acids is 1. The number of nitrogens with zero attached hydrogens (tertiary/aromatic N) is 2. The number of carbonyl (C=O) groups is 2. The fourth-order valence-electron chi connectivity index (χ4n) is 4.71. The number of nitrogens with one attached hydrogen (secondary N) is 1. The normalized spacial score (nSPS) is 14.3. The van der Waals surface area contributed by atoms with Crippen LogP contribution >= 0.6 is 0 Å². The molecule has 184 valence electrons. The van der Waals surface area contributed by atoms with Crippen molar-refractivity contribution in [2.24, 2.45) is 0 Å². The number of hydrogen-bond donors (Lipinski definition) is 2. The first kappa shape index (κ1) is 23.6. The van der Waals surface area contributed by atoms with Gasteiger partial charge in [0.15, 0.2) is 0 Å². The third-order valence-corrected chi connectivity index (χ3v) is 6.48. The van der Waals surface area contributed by atoms with Crippen LogP contribution in [0.4, 0.5) is 18.9 Å². The van der Waals surface area contributed by atoms with Gasteiger partial charge in [-0.25, -0.2) is 9.78 Å². The zero-order valence-electron chi connectivity index (χ0n) is 19.0. The number of benzene rings is 3. The summed E-state index contributed by atoms with van der Waals surface area (Å²) in [6, 6.07) is 16.2. The number of anilines is 1. The highest BCUT2D eigenvalue weighted by Crippen LogP contribution is 2.37. The molecule has 0 atom stereocenters. The van der Waals surface area contributed by atoms with Gasteiger partial charge in [-0.1, -0.05) is 25.0 Å². The lowest BCUT2D eigenvalue weighted by atomic mass is 10.1. The van der Waals surface area contributed by atoms with Gasteiger partial charge in [-0.05, 0) is 67.4 Å². The van der Waals surface area contributed by atoms with Crippen LogP contribution in [-0.2, 0) is 6.18 Å². The molecule has 0 saturated heterocycles. The van der Waals surface area contributed by atoms with E-state index in [0.29, 0.717) is 22.5 Å². The highest BCUT2D eigenvalue weighted by Gasteiger charge is 2.30. The second-order valence-corrected chi connectivity index (χ2v) is 8.86. The van der Waals surface area contributed by atoms with E-state index in [-0.39, 0.29) is 17.3 Å². The zero-order chi connectivity index (χ0) is 25.4. The molecule has 1 aliphatic carbocycles. The van der Waals surface area contributed by atoms with Gasteiger partial charge in [-0.2, -0.15) is 13.2 Å². The lowest BCUT2D eigenvalue weighted by molar-refractivity contribution is -0.137. The maximum atomic E-state index is 12.9. The van der Waals surface area contributed by atoms with Crippen LogP contribution in [0, 0.1) is 0 Å². The lowest BCUT2D eigenvalue weighted by Gasteiger charge is -2.17. The SMILES string of the molecule is O=C(O)c1ccc2c(c1)nc(-c1cccc(C(=O)Nc3ccc(C(F)(F)F)cc3)c1)n2C1CCCC1. The molecule has 1 aliphatic rings. The van der Waals surface area contributed by atoms with Crippen LogP contribution in [0.15, 0.2) is 66.7 Å². The summed E-state index contributed by atoms with van der Waals surface area (Å²) in [4.78, 5) is 29.1. The van der Waals surface area contributed by atoms with Crippen molar-refractivity contribution in [3.63, 3.8) is 0 Å². The molecule has 0 spiro atoms. The van der Waals surface area contributed by atoms with Crippen LogP contribution in [0.25, 0.3) is 22.4 Å². The molecule has 1 heterocycles. The van der Waals surface area contributed by atoms with Gasteiger partial charge in [0.05, 0.1) is 22.2 Å². The first-order valence-electron chi connectivity index (χ1n) is 11.5. The number of aromatic nitrogens is 2. The highest BCUT2D eigenvalue weighted by molar-refractivity contribution is 6.05. The Morgan fingerprint density at radius 2 is 1.67 bits per heavy atom. The average Bonchev–Trinajstić information content (AvgIpc) is 3.51. The van der Waals surface area contributed by atoms with E-state index in [4.69, 9.17) is 4.98 Å². The molecule has 2 N–H and O–H groups in total. The van der Waals surface area contributed by atoms with E-state index in [2.05, 4.69) is 9.88 Å². The smallest absolute Gasteiger partial charge is 0.416 e. The van der Waals surface area contributed by atoms with Crippen LogP contribution in [0.1, 0.15) is 58.0 Å². The van der Waals surface area contributed by atoms with Gasteiger partial charge < -0.3 is 15.0 Å². The van der Waals surface area contributed by atoms with Gasteiger partial charge >= 0.3 is 12.1 Å². The van der Waals surface area contributed by atoms with Crippen molar-refractivity contribution in [1.82, 2.24) is 9.55 Å². The quantitative estimate of drug-likeness (QED) is 0.321. The van der Waals surface area contributed by atoms with E-state index in [1.807, 2.05) is 6.07 Å². The van der Waals surface area contributed by atoms with Crippen LogP contribution in [0.5, 0.6) is 0 Å². The van der Waals surface area contributed by atoms with Gasteiger partial charge in [0, 0.05) is 22.9 Å². The number of carboxylic acid groups (broad SMARTS) is 1. The summed E-state index contributed by atoms with van der Waals surface area (Å²) >= 11 is 0. The maximum absolute atomic E-state index is 12.9. The first-order valence-corrected chi connectivity index (χ1v) is 11.5. The molecule has 1 saturated carbocycles. The third kappa shape index (κ3) is 4.56. The van der Waals surface area contributed by atoms with Crippen molar-refractivity contribution in [3.8, 4) is 11.4 Å². The summed E-state index contributed by atoms with van der Waals surface area (Å²) in [5.74, 6) is -0.854. The van der Waals surface area contributed by atoms with Crippen molar-refractivity contribution in [1.29, 1.82) is 0 Å². The second-order valence-electron chi connectivity index (χ2n) is 8.86. The molecule has 4 aromatic rings. The molecule has 1 aromatic heterocycles. The number of imidazole rings is 1. The largest absolute Gasteiger partial charge is 0.478 e. The number of aromatic carboxylic acids is 1. The molecule has 5 rings (SSSR count). The standard InChI is InChI=1S/C27H22F3N3O3/c28-27(29,30)19-9-11-20(12-10-19)31-25(34)17-5-3-4-16(14-17)24-32-22-15-18(26(35)36)8-13-23(22)33(24)21-6-1-2-7-21/h3-5,8-15,21H,1-2,6-7H2,(H,31,34)(H,35,36). The van der Waals surface area contributed by atoms with E-state index in [1.165, 1.54) is 12.1 Å². The number of alkyl halides is 3. The molecule has 36 heavy (non-hydrogen) atoms. The molecule has 0 aliphatic heterocycles. The Morgan fingerprint density at radius 3 is 2.33 bits per heavy atom. The van der Waals surface area contributed by atoms with Crippen LogP contribution in [-0.4, -0.2) is 26.5 Å². The minimum atomic E-state index is -4.45. The van der Waals surface area contributed by atoms with Crippen molar-refractivity contribution in [2.75, 3.05) is 5.32 Å². The molecular formula is C27H22F3N3O3. The van der Waals surface area contributed by atoms with Gasteiger partial charge in [0.25, 0.3) is 5.91 Å². The fourth-order valence-corrected chi connectivity index (χ4v) is 4.71. The zero-order valence-corrected chi connectivity index (χ0v) is 19.0. The Kier molecular flexibility index (Phi) is 5.99. The Morgan fingerprint density at radius 1 is 0.944 bits per heavy atom. The maximum Gasteiger partial charge on any atom is 0.416 e. The number of halogens is 3. The molecule has 3 aromatic carbocycles. The second kappa shape index (κ2) is 9.14. The Labute approximate surface area is 204 Å². The van der Waals surface area contributed by atoms with Crippen molar-refractivity contribution < 1.29 is 27.9 Å². The molecule has 6 nitrogen and oxygen atoms in total. The van der Waals surface area contributed by atoms with Crippen LogP contribution in [0.2, 0.25) is 0 Å². The highest BCUT2D eigenvalue weighted by atomic mass is 19.4. The van der Waals surface area contributed by atoms with E-state index in [1.54, 1.807) is 36.4 Å². The third-order valence-electron chi connectivity index (χ3n) is 6.48. The minimum Gasteiger partial charge on any atom is -0.478 e. The minimum absolute atomic E-state index is 0.148. The summed E-state index contributed by atoms with van der Waals surface area (Å²) in [5, 5.41) is 12.0. The topological polar surface area (TPSA) is 84.2 Å². The lowest BCUT2D eigenvalue weighted by Crippen LogP contribution is -2.13. The van der Waals surface area contributed by atoms with E-state index in [0.717, 1.165) is 43.3 Å². The predicted molar refractivity (Wildman–Crippen MR) is 129 cm³/mol. The molecule has 0 unspecified atom stereocenters. The first-order chi connectivity index (χ1) is 17.2. The van der Waals surface area contributed by atoms with Crippen molar-refractivity contribution in [2.45, 2.75) is 37.9 Å². The van der Waals surface area contributed by atoms with Gasteiger partial charge in [-0.3, -0.25) is 4.79 Å². The summed E-state index contributed by atoms with van der Waals surface area (Å²) < 4.78 is 40.6. The van der Waals surface area contributed by atoms with Crippen molar-refractivity contribution >= 4 is 28.6 Å². The van der Waals surface area contributed by atoms with Gasteiger partial charge in [0.2, 0.25) is 0 Å². The Hall–Kier alpha value is -4.14. The average molecular weight is 493 g/mol.